The predicted octanol–water partition coefficient (Wildman–Crippen LogP) is 5.61. The molecule has 1 saturated heterocycles. The normalized spacial score (nSPS) is 17.9. The lowest BCUT2D eigenvalue weighted by Gasteiger charge is -2.25. The van der Waals surface area contributed by atoms with E-state index in [9.17, 15) is 8.42 Å². The summed E-state index contributed by atoms with van der Waals surface area (Å²) in [5, 5.41) is 6.71. The molecule has 0 amide bonds. The van der Waals surface area contributed by atoms with E-state index in [4.69, 9.17) is 14.7 Å². The van der Waals surface area contributed by atoms with Gasteiger partial charge in [-0.1, -0.05) is 6.07 Å². The third-order valence-electron chi connectivity index (χ3n) is 7.21. The molecule has 0 radical (unpaired) electrons. The summed E-state index contributed by atoms with van der Waals surface area (Å²) in [6, 6.07) is 9.37. The van der Waals surface area contributed by atoms with Crippen molar-refractivity contribution in [2.75, 3.05) is 23.5 Å². The minimum absolute atomic E-state index is 0.160. The lowest BCUT2D eigenvalue weighted by Crippen LogP contribution is -2.19. The molecular formula is C28H33N7O3S. The Morgan fingerprint density at radius 2 is 1.69 bits per heavy atom. The van der Waals surface area contributed by atoms with Gasteiger partial charge in [-0.25, -0.2) is 28.4 Å². The number of nitrogens with one attached hydrogen (secondary N) is 2. The molecule has 0 bridgehead atoms. The highest BCUT2D eigenvalue weighted by atomic mass is 32.2. The Morgan fingerprint density at radius 1 is 0.897 bits per heavy atom. The number of rotatable bonds is 7. The van der Waals surface area contributed by atoms with Crippen molar-refractivity contribution in [1.29, 1.82) is 0 Å². The number of aromatic nitrogens is 5. The van der Waals surface area contributed by atoms with Gasteiger partial charge >= 0.3 is 0 Å². The van der Waals surface area contributed by atoms with Gasteiger partial charge in [-0.05, 0) is 76.5 Å². The number of anilines is 4. The summed E-state index contributed by atoms with van der Waals surface area (Å²) in [4.78, 5) is 18.9. The zero-order valence-electron chi connectivity index (χ0n) is 22.7. The first-order chi connectivity index (χ1) is 18.7. The van der Waals surface area contributed by atoms with Crippen molar-refractivity contribution in [2.45, 2.75) is 69.9 Å². The van der Waals surface area contributed by atoms with E-state index in [1.165, 1.54) is 6.26 Å². The summed E-state index contributed by atoms with van der Waals surface area (Å²) < 4.78 is 33.8. The van der Waals surface area contributed by atoms with Crippen LogP contribution in [0.4, 0.5) is 23.0 Å². The Kier molecular flexibility index (Phi) is 6.50. The summed E-state index contributed by atoms with van der Waals surface area (Å²) in [6.45, 7) is 6.40. The van der Waals surface area contributed by atoms with Crippen molar-refractivity contribution in [3.63, 3.8) is 0 Å². The molecule has 10 nitrogen and oxygen atoms in total. The Bertz CT molecular complexity index is 1650. The molecule has 1 atom stereocenters. The van der Waals surface area contributed by atoms with E-state index in [0.717, 1.165) is 49.2 Å². The van der Waals surface area contributed by atoms with Crippen LogP contribution in [0.25, 0.3) is 11.2 Å². The quantitative estimate of drug-likeness (QED) is 0.304. The van der Waals surface area contributed by atoms with Gasteiger partial charge < -0.3 is 15.4 Å². The van der Waals surface area contributed by atoms with Crippen molar-refractivity contribution in [2.24, 2.45) is 0 Å². The molecular weight excluding hydrogens is 514 g/mol. The van der Waals surface area contributed by atoms with Gasteiger partial charge in [0.1, 0.15) is 35.0 Å². The van der Waals surface area contributed by atoms with E-state index in [-0.39, 0.29) is 11.1 Å². The van der Waals surface area contributed by atoms with Crippen LogP contribution in [0.3, 0.4) is 0 Å². The van der Waals surface area contributed by atoms with Crippen LogP contribution < -0.4 is 10.6 Å². The van der Waals surface area contributed by atoms with Crippen LogP contribution in [0.1, 0.15) is 67.2 Å². The van der Waals surface area contributed by atoms with Gasteiger partial charge in [-0.3, -0.25) is 4.57 Å². The van der Waals surface area contributed by atoms with Crippen LogP contribution in [-0.2, 0) is 14.6 Å². The number of hydrogen-bond donors (Lipinski definition) is 2. The van der Waals surface area contributed by atoms with Gasteiger partial charge in [-0.2, -0.15) is 0 Å². The second-order valence-corrected chi connectivity index (χ2v) is 12.6. The summed E-state index contributed by atoms with van der Waals surface area (Å²) in [5.41, 5.74) is 4.36. The maximum atomic E-state index is 12.8. The minimum atomic E-state index is -3.48. The fourth-order valence-corrected chi connectivity index (χ4v) is 6.15. The molecule has 1 saturated carbocycles. The zero-order valence-corrected chi connectivity index (χ0v) is 23.5. The molecule has 1 aliphatic heterocycles. The highest BCUT2D eigenvalue weighted by Gasteiger charge is 2.27. The summed E-state index contributed by atoms with van der Waals surface area (Å²) in [7, 11) is -3.48. The van der Waals surface area contributed by atoms with Crippen molar-refractivity contribution in [1.82, 2.24) is 24.5 Å². The smallest absolute Gasteiger partial charge is 0.177 e. The Balaban J connectivity index is 1.48. The molecule has 11 heteroatoms. The molecule has 2 aliphatic rings. The molecule has 204 valence electrons. The van der Waals surface area contributed by atoms with Crippen molar-refractivity contribution < 1.29 is 13.2 Å². The maximum absolute atomic E-state index is 12.8. The first kappa shape index (κ1) is 25.7. The number of sulfone groups is 1. The molecule has 4 heterocycles. The monoisotopic (exact) mass is 547 g/mol. The van der Waals surface area contributed by atoms with Crippen LogP contribution in [-0.4, -0.2) is 45.8 Å². The molecule has 39 heavy (non-hydrogen) atoms. The van der Waals surface area contributed by atoms with Gasteiger partial charge in [0.25, 0.3) is 0 Å². The molecule has 2 N–H and O–H groups in total. The third kappa shape index (κ3) is 5.33. The average molecular weight is 548 g/mol. The van der Waals surface area contributed by atoms with Gasteiger partial charge in [0.2, 0.25) is 0 Å². The van der Waals surface area contributed by atoms with E-state index in [2.05, 4.69) is 20.6 Å². The van der Waals surface area contributed by atoms with Gasteiger partial charge in [0, 0.05) is 30.7 Å². The predicted molar refractivity (Wildman–Crippen MR) is 151 cm³/mol. The second-order valence-electron chi connectivity index (χ2n) is 10.6. The second kappa shape index (κ2) is 9.87. The lowest BCUT2D eigenvalue weighted by atomic mass is 10.1. The molecule has 6 rings (SSSR count). The number of nitrogens with zero attached hydrogens (tertiary/aromatic N) is 5. The molecule has 4 aromatic rings. The Hall–Kier alpha value is -3.57. The standard InChI is InChI=1S/C28H33N7O3S/c1-16-13-24(30-17(2)29-16)33-25-15-22(27-28(34-25)35(18(3)31-27)26-7-5-6-12-38-26)32-21-11-10-20(19-8-9-19)14-23(21)39(4,36)37/h10-11,13-15,19,26H,5-9,12H2,1-4H3,(H2,29,30,32,33,34). The first-order valence-electron chi connectivity index (χ1n) is 13.4. The average Bonchev–Trinajstić information content (AvgIpc) is 3.66. The van der Waals surface area contributed by atoms with E-state index in [1.54, 1.807) is 6.07 Å². The van der Waals surface area contributed by atoms with Crippen molar-refractivity contribution in [3.8, 4) is 0 Å². The molecule has 3 aromatic heterocycles. The topological polar surface area (TPSA) is 124 Å². The van der Waals surface area contributed by atoms with Gasteiger partial charge in [0.05, 0.1) is 16.3 Å². The molecule has 1 aromatic carbocycles. The van der Waals surface area contributed by atoms with Crippen LogP contribution in [0.2, 0.25) is 0 Å². The van der Waals surface area contributed by atoms with Crippen molar-refractivity contribution in [3.05, 3.63) is 53.2 Å². The number of benzene rings is 1. The van der Waals surface area contributed by atoms with E-state index in [0.29, 0.717) is 52.5 Å². The van der Waals surface area contributed by atoms with Crippen LogP contribution in [0.15, 0.2) is 35.2 Å². The lowest BCUT2D eigenvalue weighted by molar-refractivity contribution is -0.0308. The minimum Gasteiger partial charge on any atom is -0.358 e. The molecule has 0 spiro atoms. The Morgan fingerprint density at radius 3 is 2.38 bits per heavy atom. The SMILES string of the molecule is Cc1cc(Nc2cc(Nc3ccc(C4CC4)cc3S(C)(=O)=O)c3nc(C)n(C4CCCCO4)c3n2)nc(C)n1. The molecule has 1 aliphatic carbocycles. The van der Waals surface area contributed by atoms with E-state index in [1.807, 2.05) is 49.6 Å². The summed E-state index contributed by atoms with van der Waals surface area (Å²) >= 11 is 0. The number of fused-ring (bicyclic) bond motifs is 1. The van der Waals surface area contributed by atoms with E-state index < -0.39 is 9.84 Å². The fraction of sp³-hybridized carbons (Fsp3) is 0.429. The van der Waals surface area contributed by atoms with E-state index >= 15 is 0 Å². The zero-order chi connectivity index (χ0) is 27.3. The Labute approximate surface area is 228 Å². The van der Waals surface area contributed by atoms with Crippen LogP contribution in [0.5, 0.6) is 0 Å². The number of pyridine rings is 1. The number of hydrogen-bond acceptors (Lipinski definition) is 9. The van der Waals surface area contributed by atoms with Crippen LogP contribution >= 0.6 is 0 Å². The van der Waals surface area contributed by atoms with Gasteiger partial charge in [-0.15, -0.1) is 0 Å². The maximum Gasteiger partial charge on any atom is 0.177 e. The van der Waals surface area contributed by atoms with Crippen LogP contribution in [0, 0.1) is 20.8 Å². The van der Waals surface area contributed by atoms with Crippen molar-refractivity contribution >= 4 is 44.0 Å². The number of ether oxygens (including phenoxy) is 1. The first-order valence-corrected chi connectivity index (χ1v) is 15.3. The highest BCUT2D eigenvalue weighted by Crippen LogP contribution is 2.42. The van der Waals surface area contributed by atoms with Gasteiger partial charge in [0.15, 0.2) is 15.5 Å². The molecule has 2 fully saturated rings. The largest absolute Gasteiger partial charge is 0.358 e. The number of aryl methyl sites for hydroxylation is 3. The molecule has 1 unspecified atom stereocenters. The summed E-state index contributed by atoms with van der Waals surface area (Å²) in [5.74, 6) is 3.05. The highest BCUT2D eigenvalue weighted by molar-refractivity contribution is 7.90. The summed E-state index contributed by atoms with van der Waals surface area (Å²) in [6.07, 6.45) is 6.25. The number of imidazole rings is 1. The fourth-order valence-electron chi connectivity index (χ4n) is 5.28. The third-order valence-corrected chi connectivity index (χ3v) is 8.35.